The lowest BCUT2D eigenvalue weighted by Crippen LogP contribution is -2.01. The van der Waals surface area contributed by atoms with E-state index >= 15 is 0 Å². The average molecular weight is 399 g/mol. The van der Waals surface area contributed by atoms with E-state index in [0.29, 0.717) is 24.0 Å². The fourth-order valence-corrected chi connectivity index (χ4v) is 3.18. The summed E-state index contributed by atoms with van der Waals surface area (Å²) in [4.78, 5) is 16.7. The summed E-state index contributed by atoms with van der Waals surface area (Å²) in [5.41, 5.74) is 2.95. The van der Waals surface area contributed by atoms with E-state index in [-0.39, 0.29) is 5.82 Å². The van der Waals surface area contributed by atoms with Gasteiger partial charge in [-0.05, 0) is 49.1 Å². The molecule has 146 valence electrons. The summed E-state index contributed by atoms with van der Waals surface area (Å²) in [6, 6.07) is 8.42. The molecule has 28 heavy (non-hydrogen) atoms. The van der Waals surface area contributed by atoms with E-state index < -0.39 is 0 Å². The highest BCUT2D eigenvalue weighted by Crippen LogP contribution is 2.32. The van der Waals surface area contributed by atoms with Crippen molar-refractivity contribution in [2.75, 3.05) is 6.61 Å². The SMILES string of the molecule is C/C=C\Sc1nc(-c2ccc(F)cc2)c(-c2ccnc(OCCCCC)n2)[nH]1. The van der Waals surface area contributed by atoms with Gasteiger partial charge in [-0.15, -0.1) is 0 Å². The summed E-state index contributed by atoms with van der Waals surface area (Å²) in [5, 5.41) is 2.68. The topological polar surface area (TPSA) is 63.7 Å². The second-order valence-corrected chi connectivity index (χ2v) is 7.03. The minimum Gasteiger partial charge on any atom is -0.463 e. The van der Waals surface area contributed by atoms with Crippen LogP contribution in [0.3, 0.4) is 0 Å². The number of H-pyrrole nitrogens is 1. The van der Waals surface area contributed by atoms with Crippen molar-refractivity contribution >= 4 is 11.8 Å². The fourth-order valence-electron chi connectivity index (χ4n) is 2.61. The lowest BCUT2D eigenvalue weighted by Gasteiger charge is -2.06. The van der Waals surface area contributed by atoms with Crippen LogP contribution in [-0.2, 0) is 0 Å². The molecule has 0 aliphatic carbocycles. The van der Waals surface area contributed by atoms with Crippen LogP contribution in [0.15, 0.2) is 53.2 Å². The number of benzene rings is 1. The first-order valence-corrected chi connectivity index (χ1v) is 10.2. The molecule has 3 rings (SSSR count). The third kappa shape index (κ3) is 5.19. The second-order valence-electron chi connectivity index (χ2n) is 6.14. The van der Waals surface area contributed by atoms with Gasteiger partial charge in [0.05, 0.1) is 23.7 Å². The zero-order chi connectivity index (χ0) is 19.8. The quantitative estimate of drug-likeness (QED) is 0.361. The zero-order valence-electron chi connectivity index (χ0n) is 16.0. The number of aromatic amines is 1. The van der Waals surface area contributed by atoms with Gasteiger partial charge in [-0.25, -0.2) is 14.4 Å². The Hall–Kier alpha value is -2.67. The van der Waals surface area contributed by atoms with Crippen LogP contribution < -0.4 is 4.74 Å². The molecule has 0 saturated heterocycles. The Morgan fingerprint density at radius 1 is 1.14 bits per heavy atom. The Morgan fingerprint density at radius 3 is 2.71 bits per heavy atom. The minimum absolute atomic E-state index is 0.283. The van der Waals surface area contributed by atoms with Crippen LogP contribution in [0.5, 0.6) is 6.01 Å². The van der Waals surface area contributed by atoms with Crippen LogP contribution in [0, 0.1) is 5.82 Å². The molecule has 7 heteroatoms. The molecular formula is C21H23FN4OS. The third-order valence-electron chi connectivity index (χ3n) is 3.98. The number of aromatic nitrogens is 4. The Bertz CT molecular complexity index is 924. The summed E-state index contributed by atoms with van der Waals surface area (Å²) < 4.78 is 19.0. The van der Waals surface area contributed by atoms with Crippen molar-refractivity contribution in [3.05, 3.63) is 53.8 Å². The molecule has 0 atom stereocenters. The zero-order valence-corrected chi connectivity index (χ0v) is 16.8. The number of hydrogen-bond acceptors (Lipinski definition) is 5. The molecule has 0 radical (unpaired) electrons. The molecule has 0 aliphatic rings. The smallest absolute Gasteiger partial charge is 0.316 e. The highest BCUT2D eigenvalue weighted by molar-refractivity contribution is 8.02. The van der Waals surface area contributed by atoms with Gasteiger partial charge in [0.15, 0.2) is 5.16 Å². The molecule has 1 N–H and O–H groups in total. The molecule has 5 nitrogen and oxygen atoms in total. The second kappa shape index (κ2) is 10.0. The van der Waals surface area contributed by atoms with E-state index in [1.165, 1.54) is 23.9 Å². The van der Waals surface area contributed by atoms with Crippen molar-refractivity contribution < 1.29 is 9.13 Å². The normalized spacial score (nSPS) is 11.2. The van der Waals surface area contributed by atoms with Crippen LogP contribution >= 0.6 is 11.8 Å². The molecule has 0 fully saturated rings. The standard InChI is InChI=1S/C21H23FN4OS/c1-3-5-6-13-27-20-23-12-11-17(24-20)19-18(15-7-9-16(22)10-8-15)25-21(26-19)28-14-4-2/h4,7-12,14H,3,5-6,13H2,1-2H3,(H,25,26)/b14-4-. The van der Waals surface area contributed by atoms with Gasteiger partial charge >= 0.3 is 6.01 Å². The largest absolute Gasteiger partial charge is 0.463 e. The van der Waals surface area contributed by atoms with Gasteiger partial charge in [0.25, 0.3) is 0 Å². The molecule has 0 saturated carbocycles. The summed E-state index contributed by atoms with van der Waals surface area (Å²) >= 11 is 1.48. The number of halogens is 1. The Kier molecular flexibility index (Phi) is 7.19. The van der Waals surface area contributed by atoms with Crippen molar-refractivity contribution in [2.45, 2.75) is 38.3 Å². The average Bonchev–Trinajstić information content (AvgIpc) is 3.15. The highest BCUT2D eigenvalue weighted by Gasteiger charge is 2.16. The molecule has 0 bridgehead atoms. The Balaban J connectivity index is 1.93. The first kappa shape index (κ1) is 20.1. The maximum atomic E-state index is 13.3. The number of nitrogens with zero attached hydrogens (tertiary/aromatic N) is 3. The summed E-state index contributed by atoms with van der Waals surface area (Å²) in [7, 11) is 0. The number of ether oxygens (including phenoxy) is 1. The van der Waals surface area contributed by atoms with Gasteiger partial charge in [-0.3, -0.25) is 0 Å². The van der Waals surface area contributed by atoms with Crippen LogP contribution in [-0.4, -0.2) is 26.5 Å². The molecule has 2 aromatic heterocycles. The Morgan fingerprint density at radius 2 is 1.96 bits per heavy atom. The van der Waals surface area contributed by atoms with Crippen molar-refractivity contribution in [2.24, 2.45) is 0 Å². The summed E-state index contributed by atoms with van der Waals surface area (Å²) in [6.07, 6.45) is 6.83. The van der Waals surface area contributed by atoms with Crippen molar-refractivity contribution in [3.63, 3.8) is 0 Å². The summed E-state index contributed by atoms with van der Waals surface area (Å²) in [5.74, 6) is -0.283. The first-order chi connectivity index (χ1) is 13.7. The number of imidazole rings is 1. The number of rotatable bonds is 9. The maximum absolute atomic E-state index is 13.3. The monoisotopic (exact) mass is 398 g/mol. The highest BCUT2D eigenvalue weighted by atomic mass is 32.2. The van der Waals surface area contributed by atoms with E-state index in [0.717, 1.165) is 35.7 Å². The predicted molar refractivity (Wildman–Crippen MR) is 111 cm³/mol. The summed E-state index contributed by atoms with van der Waals surface area (Å²) in [6.45, 7) is 4.69. The number of allylic oxidation sites excluding steroid dienone is 1. The molecule has 1 aromatic carbocycles. The van der Waals surface area contributed by atoms with Gasteiger partial charge in [0.2, 0.25) is 0 Å². The molecular weight excluding hydrogens is 375 g/mol. The maximum Gasteiger partial charge on any atom is 0.316 e. The van der Waals surface area contributed by atoms with Crippen LogP contribution in [0.2, 0.25) is 0 Å². The lowest BCUT2D eigenvalue weighted by molar-refractivity contribution is 0.283. The minimum atomic E-state index is -0.283. The fraction of sp³-hybridized carbons (Fsp3) is 0.286. The van der Waals surface area contributed by atoms with E-state index in [2.05, 4.69) is 26.9 Å². The van der Waals surface area contributed by atoms with E-state index in [9.17, 15) is 4.39 Å². The molecule has 2 heterocycles. The van der Waals surface area contributed by atoms with Gasteiger partial charge in [-0.1, -0.05) is 37.6 Å². The number of thioether (sulfide) groups is 1. The van der Waals surface area contributed by atoms with E-state index in [1.54, 1.807) is 18.3 Å². The van der Waals surface area contributed by atoms with Gasteiger partial charge in [0.1, 0.15) is 5.82 Å². The Labute approximate surface area is 168 Å². The van der Waals surface area contributed by atoms with Gasteiger partial charge < -0.3 is 9.72 Å². The van der Waals surface area contributed by atoms with Gasteiger partial charge in [-0.2, -0.15) is 4.98 Å². The number of unbranched alkanes of at least 4 members (excludes halogenated alkanes) is 2. The van der Waals surface area contributed by atoms with Crippen molar-refractivity contribution in [1.29, 1.82) is 0 Å². The molecule has 0 aliphatic heterocycles. The number of hydrogen-bond donors (Lipinski definition) is 1. The van der Waals surface area contributed by atoms with Crippen LogP contribution in [0.4, 0.5) is 4.39 Å². The van der Waals surface area contributed by atoms with Gasteiger partial charge in [0, 0.05) is 11.8 Å². The van der Waals surface area contributed by atoms with Crippen molar-refractivity contribution in [1.82, 2.24) is 19.9 Å². The molecule has 3 aromatic rings. The predicted octanol–water partition coefficient (Wildman–Crippen LogP) is 5.87. The van der Waals surface area contributed by atoms with Crippen LogP contribution in [0.25, 0.3) is 22.6 Å². The van der Waals surface area contributed by atoms with E-state index in [1.807, 2.05) is 24.5 Å². The molecule has 0 amide bonds. The van der Waals surface area contributed by atoms with Crippen molar-refractivity contribution in [3.8, 4) is 28.7 Å². The van der Waals surface area contributed by atoms with Crippen LogP contribution in [0.1, 0.15) is 33.1 Å². The number of nitrogens with one attached hydrogen (secondary N) is 1. The third-order valence-corrected chi connectivity index (χ3v) is 4.81. The molecule has 0 unspecified atom stereocenters. The van der Waals surface area contributed by atoms with E-state index in [4.69, 9.17) is 4.74 Å². The first-order valence-electron chi connectivity index (χ1n) is 9.31. The molecule has 0 spiro atoms. The lowest BCUT2D eigenvalue weighted by atomic mass is 10.1.